The van der Waals surface area contributed by atoms with Crippen molar-refractivity contribution >= 4 is 24.0 Å². The summed E-state index contributed by atoms with van der Waals surface area (Å²) in [6.45, 7) is 2.89. The minimum Gasteiger partial charge on any atom is -0.329 e. The molecule has 23 heavy (non-hydrogen) atoms. The van der Waals surface area contributed by atoms with Crippen LogP contribution in [0.15, 0.2) is 60.7 Å². The van der Waals surface area contributed by atoms with Crippen molar-refractivity contribution in [3.05, 3.63) is 66.2 Å². The Kier molecular flexibility index (Phi) is 8.98. The third-order valence-electron chi connectivity index (χ3n) is 3.41. The predicted molar refractivity (Wildman–Crippen MR) is 97.7 cm³/mol. The summed E-state index contributed by atoms with van der Waals surface area (Å²) in [5.41, 5.74) is 7.74. The first kappa shape index (κ1) is 19.2. The second-order valence-electron chi connectivity index (χ2n) is 5.21. The maximum atomic E-state index is 12.0. The van der Waals surface area contributed by atoms with Crippen molar-refractivity contribution in [1.29, 1.82) is 0 Å². The molecule has 0 spiro atoms. The smallest absolute Gasteiger partial charge is 0.225 e. The van der Waals surface area contributed by atoms with Gasteiger partial charge in [0.05, 0.1) is 0 Å². The number of benzene rings is 2. The summed E-state index contributed by atoms with van der Waals surface area (Å²) in [4.78, 5) is 14.2. The first-order valence-corrected chi connectivity index (χ1v) is 7.59. The molecule has 2 aromatic rings. The van der Waals surface area contributed by atoms with E-state index in [9.17, 15) is 4.79 Å². The monoisotopic (exact) mass is 333 g/mol. The number of rotatable bonds is 8. The molecule has 124 valence electrons. The van der Waals surface area contributed by atoms with Gasteiger partial charge in [-0.05, 0) is 17.7 Å². The summed E-state index contributed by atoms with van der Waals surface area (Å²) >= 11 is 0. The summed E-state index contributed by atoms with van der Waals surface area (Å²) in [5.74, 6) is 0.0290. The van der Waals surface area contributed by atoms with E-state index in [1.165, 1.54) is 5.56 Å². The van der Waals surface area contributed by atoms with Crippen molar-refractivity contribution in [2.75, 3.05) is 25.0 Å². The second kappa shape index (κ2) is 10.8. The Balaban J connectivity index is 0.00000264. The molecule has 2 rings (SSSR count). The van der Waals surface area contributed by atoms with E-state index in [2.05, 4.69) is 22.3 Å². The van der Waals surface area contributed by atoms with Crippen LogP contribution < -0.4 is 11.1 Å². The number of nitrogens with two attached hydrogens (primary N) is 1. The molecular weight excluding hydrogens is 310 g/mol. The molecule has 0 aliphatic rings. The normalized spacial score (nSPS) is 10.2. The Hall–Kier alpha value is -1.88. The van der Waals surface area contributed by atoms with Crippen LogP contribution in [0.4, 0.5) is 5.69 Å². The van der Waals surface area contributed by atoms with Crippen LogP contribution in [-0.4, -0.2) is 30.4 Å². The summed E-state index contributed by atoms with van der Waals surface area (Å²) < 4.78 is 0. The third kappa shape index (κ3) is 7.28. The van der Waals surface area contributed by atoms with Gasteiger partial charge in [-0.3, -0.25) is 9.69 Å². The summed E-state index contributed by atoms with van der Waals surface area (Å²) in [6.07, 6.45) is 0.460. The van der Waals surface area contributed by atoms with Crippen LogP contribution >= 0.6 is 12.4 Å². The number of para-hydroxylation sites is 1. The number of halogens is 1. The van der Waals surface area contributed by atoms with Crippen LogP contribution in [-0.2, 0) is 11.3 Å². The number of hydrogen-bond donors (Lipinski definition) is 2. The number of carbonyl (C=O) groups excluding carboxylic acids is 1. The molecular formula is C18H24ClN3O. The molecule has 0 fully saturated rings. The van der Waals surface area contributed by atoms with Crippen molar-refractivity contribution in [2.24, 2.45) is 5.73 Å². The van der Waals surface area contributed by atoms with Gasteiger partial charge in [-0.1, -0.05) is 48.5 Å². The van der Waals surface area contributed by atoms with Crippen LogP contribution in [0.25, 0.3) is 0 Å². The lowest BCUT2D eigenvalue weighted by Gasteiger charge is -2.21. The highest BCUT2D eigenvalue weighted by Gasteiger charge is 2.08. The second-order valence-corrected chi connectivity index (χ2v) is 5.21. The SMILES string of the molecule is Cl.NCCN(CCC(=O)Nc1ccccc1)Cc1ccccc1. The third-order valence-corrected chi connectivity index (χ3v) is 3.41. The van der Waals surface area contributed by atoms with Crippen LogP contribution in [0, 0.1) is 0 Å². The molecule has 0 atom stereocenters. The molecule has 0 bridgehead atoms. The fourth-order valence-electron chi connectivity index (χ4n) is 2.30. The molecule has 0 saturated carbocycles. The summed E-state index contributed by atoms with van der Waals surface area (Å²) in [7, 11) is 0. The molecule has 1 amide bonds. The van der Waals surface area contributed by atoms with Gasteiger partial charge >= 0.3 is 0 Å². The van der Waals surface area contributed by atoms with Gasteiger partial charge in [-0.25, -0.2) is 0 Å². The molecule has 0 aromatic heterocycles. The zero-order valence-electron chi connectivity index (χ0n) is 13.2. The van der Waals surface area contributed by atoms with Crippen LogP contribution in [0.3, 0.4) is 0 Å². The van der Waals surface area contributed by atoms with Crippen LogP contribution in [0.1, 0.15) is 12.0 Å². The minimum atomic E-state index is 0. The average Bonchev–Trinajstić information content (AvgIpc) is 2.55. The van der Waals surface area contributed by atoms with Crippen molar-refractivity contribution in [1.82, 2.24) is 4.90 Å². The maximum Gasteiger partial charge on any atom is 0.225 e. The molecule has 2 aromatic carbocycles. The van der Waals surface area contributed by atoms with Crippen molar-refractivity contribution in [2.45, 2.75) is 13.0 Å². The highest BCUT2D eigenvalue weighted by Crippen LogP contribution is 2.07. The molecule has 0 unspecified atom stereocenters. The Morgan fingerprint density at radius 1 is 0.957 bits per heavy atom. The van der Waals surface area contributed by atoms with Crippen molar-refractivity contribution < 1.29 is 4.79 Å². The molecule has 5 heteroatoms. The van der Waals surface area contributed by atoms with E-state index in [4.69, 9.17) is 5.73 Å². The van der Waals surface area contributed by atoms with E-state index < -0.39 is 0 Å². The number of nitrogens with zero attached hydrogens (tertiary/aromatic N) is 1. The lowest BCUT2D eigenvalue weighted by molar-refractivity contribution is -0.116. The molecule has 4 nitrogen and oxygen atoms in total. The molecule has 0 aliphatic carbocycles. The Bertz CT molecular complexity index is 563. The van der Waals surface area contributed by atoms with E-state index in [-0.39, 0.29) is 18.3 Å². The Labute approximate surface area is 144 Å². The van der Waals surface area contributed by atoms with Gasteiger partial charge in [-0.2, -0.15) is 0 Å². The standard InChI is InChI=1S/C18H23N3O.ClH/c19-12-14-21(15-16-7-3-1-4-8-16)13-11-18(22)20-17-9-5-2-6-10-17;/h1-10H,11-15,19H2,(H,20,22);1H. The van der Waals surface area contributed by atoms with Gasteiger partial charge in [-0.15, -0.1) is 12.4 Å². The van der Waals surface area contributed by atoms with Gasteiger partial charge in [0, 0.05) is 38.3 Å². The number of anilines is 1. The van der Waals surface area contributed by atoms with E-state index in [0.717, 1.165) is 18.8 Å². The number of amides is 1. The first-order chi connectivity index (χ1) is 10.8. The number of hydrogen-bond acceptors (Lipinski definition) is 3. The highest BCUT2D eigenvalue weighted by atomic mass is 35.5. The Morgan fingerprint density at radius 2 is 1.57 bits per heavy atom. The molecule has 0 aliphatic heterocycles. The topological polar surface area (TPSA) is 58.4 Å². The van der Waals surface area contributed by atoms with E-state index in [1.54, 1.807) is 0 Å². The van der Waals surface area contributed by atoms with Gasteiger partial charge in [0.2, 0.25) is 5.91 Å². The molecule has 0 saturated heterocycles. The lowest BCUT2D eigenvalue weighted by Crippen LogP contribution is -2.32. The van der Waals surface area contributed by atoms with E-state index >= 15 is 0 Å². The first-order valence-electron chi connectivity index (χ1n) is 7.59. The van der Waals surface area contributed by atoms with Crippen molar-refractivity contribution in [3.8, 4) is 0 Å². The fourth-order valence-corrected chi connectivity index (χ4v) is 2.30. The maximum absolute atomic E-state index is 12.0. The largest absolute Gasteiger partial charge is 0.329 e. The fraction of sp³-hybridized carbons (Fsp3) is 0.278. The highest BCUT2D eigenvalue weighted by molar-refractivity contribution is 5.90. The van der Waals surface area contributed by atoms with Gasteiger partial charge in [0.25, 0.3) is 0 Å². The Morgan fingerprint density at radius 3 is 2.17 bits per heavy atom. The van der Waals surface area contributed by atoms with E-state index in [1.807, 2.05) is 48.5 Å². The number of nitrogens with one attached hydrogen (secondary N) is 1. The minimum absolute atomic E-state index is 0. The van der Waals surface area contributed by atoms with Gasteiger partial charge < -0.3 is 11.1 Å². The quantitative estimate of drug-likeness (QED) is 0.781. The van der Waals surface area contributed by atoms with Crippen LogP contribution in [0.5, 0.6) is 0 Å². The molecule has 0 radical (unpaired) electrons. The number of carbonyl (C=O) groups is 1. The summed E-state index contributed by atoms with van der Waals surface area (Å²) in [6, 6.07) is 19.8. The predicted octanol–water partition coefficient (Wildman–Crippen LogP) is 2.90. The lowest BCUT2D eigenvalue weighted by atomic mass is 10.2. The summed E-state index contributed by atoms with van der Waals surface area (Å²) in [5, 5.41) is 2.91. The van der Waals surface area contributed by atoms with E-state index in [0.29, 0.717) is 19.5 Å². The zero-order chi connectivity index (χ0) is 15.6. The average molecular weight is 334 g/mol. The van der Waals surface area contributed by atoms with Crippen LogP contribution in [0.2, 0.25) is 0 Å². The molecule has 0 heterocycles. The molecule has 3 N–H and O–H groups in total. The zero-order valence-corrected chi connectivity index (χ0v) is 14.0. The van der Waals surface area contributed by atoms with Gasteiger partial charge in [0.15, 0.2) is 0 Å². The van der Waals surface area contributed by atoms with Gasteiger partial charge in [0.1, 0.15) is 0 Å². The van der Waals surface area contributed by atoms with Crippen molar-refractivity contribution in [3.63, 3.8) is 0 Å².